The Morgan fingerprint density at radius 2 is 1.47 bits per heavy atom. The second-order valence-corrected chi connectivity index (χ2v) is 15.2. The number of carbonyl (C=O) groups is 1. The molecule has 0 aromatic rings. The average Bonchev–Trinajstić information content (AvgIpc) is 3.19. The van der Waals surface area contributed by atoms with Gasteiger partial charge in [0.25, 0.3) is 0 Å². The van der Waals surface area contributed by atoms with Gasteiger partial charge in [-0.1, -0.05) is 19.9 Å². The number of fused-ring (bicyclic) bond motifs is 3. The van der Waals surface area contributed by atoms with Crippen LogP contribution in [0.2, 0.25) is 0 Å². The predicted molar refractivity (Wildman–Crippen MR) is 154 cm³/mol. The number of aliphatic hydroxyl groups is 7. The highest BCUT2D eigenvalue weighted by atomic mass is 16.8. The number of ether oxygens (including phenoxy) is 4. The molecule has 2 aliphatic heterocycles. The Bertz CT molecular complexity index is 1150. The molecular formula is C32H50O13. The van der Waals surface area contributed by atoms with Crippen LogP contribution in [0, 0.1) is 28.1 Å². The molecule has 13 nitrogen and oxygen atoms in total. The molecule has 256 valence electrons. The second-order valence-electron chi connectivity index (χ2n) is 15.2. The summed E-state index contributed by atoms with van der Waals surface area (Å²) in [6.45, 7) is 7.33. The summed E-state index contributed by atoms with van der Waals surface area (Å²) in [6.07, 6.45) is -8.44. The van der Waals surface area contributed by atoms with Crippen molar-refractivity contribution in [2.24, 2.45) is 28.1 Å². The Morgan fingerprint density at radius 3 is 2.11 bits per heavy atom. The van der Waals surface area contributed by atoms with E-state index in [1.54, 1.807) is 0 Å². The first-order valence-corrected chi connectivity index (χ1v) is 16.3. The van der Waals surface area contributed by atoms with Crippen LogP contribution < -0.4 is 0 Å². The fourth-order valence-corrected chi connectivity index (χ4v) is 10.6. The Morgan fingerprint density at radius 1 is 0.844 bits per heavy atom. The Balaban J connectivity index is 1.26. The minimum Gasteiger partial charge on any atom is -0.481 e. The van der Waals surface area contributed by atoms with Crippen LogP contribution in [0.3, 0.4) is 0 Å². The zero-order valence-electron chi connectivity index (χ0n) is 26.0. The maximum atomic E-state index is 12.5. The first kappa shape index (κ1) is 33.7. The van der Waals surface area contributed by atoms with Crippen molar-refractivity contribution in [3.05, 3.63) is 12.2 Å². The molecule has 6 fully saturated rings. The lowest BCUT2D eigenvalue weighted by Crippen LogP contribution is -2.65. The van der Waals surface area contributed by atoms with Crippen LogP contribution in [0.25, 0.3) is 0 Å². The SMILES string of the molecule is C=C1C[C@@]23CC[C@H]4[C@@](C)(CCC[C@@]4(C)C(=O)O)[C@@H]2CCC1(OC1OC(CO)C(O)C(O)C1OC1OC(CO)C(O)C(O)C1O)C3. The van der Waals surface area contributed by atoms with E-state index in [1.165, 1.54) is 0 Å². The van der Waals surface area contributed by atoms with Crippen molar-refractivity contribution in [3.8, 4) is 0 Å². The highest BCUT2D eigenvalue weighted by Gasteiger charge is 2.69. The van der Waals surface area contributed by atoms with Gasteiger partial charge in [-0.15, -0.1) is 0 Å². The number of hydrogen-bond donors (Lipinski definition) is 8. The molecule has 6 rings (SSSR count). The van der Waals surface area contributed by atoms with E-state index in [1.807, 2.05) is 6.92 Å². The van der Waals surface area contributed by atoms with Gasteiger partial charge in [0.05, 0.1) is 24.2 Å². The molecule has 0 aromatic heterocycles. The standard InChI is InChI=1S/C32H50O13/c1-15-11-31-9-5-18-29(2,7-4-8-30(18,3)28(40)41)19(31)6-10-32(15,14-31)45-27-25(23(38)21(36)17(13-34)43-27)44-26-24(39)22(37)20(35)16(12-33)42-26/h16-27,33-39H,1,4-14H2,2-3H3,(H,40,41)/t16?,17?,18-,19-,20?,21?,22?,23?,24?,25?,26?,27?,29+,30+,31+,32?/m0/s1. The summed E-state index contributed by atoms with van der Waals surface area (Å²) in [7, 11) is 0. The van der Waals surface area contributed by atoms with Gasteiger partial charge in [-0.3, -0.25) is 4.79 Å². The first-order chi connectivity index (χ1) is 21.2. The summed E-state index contributed by atoms with van der Waals surface area (Å²) in [5, 5.41) is 82.8. The summed E-state index contributed by atoms with van der Waals surface area (Å²) < 4.78 is 24.1. The van der Waals surface area contributed by atoms with Crippen molar-refractivity contribution >= 4 is 5.97 Å². The van der Waals surface area contributed by atoms with Gasteiger partial charge in [0.1, 0.15) is 48.8 Å². The van der Waals surface area contributed by atoms with Gasteiger partial charge in [0.15, 0.2) is 12.6 Å². The molecular weight excluding hydrogens is 592 g/mol. The molecule has 4 saturated carbocycles. The number of aliphatic hydroxyl groups excluding tert-OH is 7. The second kappa shape index (κ2) is 11.7. The van der Waals surface area contributed by atoms with E-state index in [-0.39, 0.29) is 22.7 Å². The van der Waals surface area contributed by atoms with E-state index in [0.717, 1.165) is 37.7 Å². The number of aliphatic carboxylic acids is 1. The van der Waals surface area contributed by atoms with E-state index in [2.05, 4.69) is 13.5 Å². The summed E-state index contributed by atoms with van der Waals surface area (Å²) in [4.78, 5) is 12.5. The normalized spacial score (nSPS) is 54.7. The topological polar surface area (TPSA) is 216 Å². The lowest BCUT2D eigenvalue weighted by molar-refractivity contribution is -0.378. The van der Waals surface area contributed by atoms with Crippen LogP contribution in [0.15, 0.2) is 12.2 Å². The molecule has 0 radical (unpaired) electrons. The summed E-state index contributed by atoms with van der Waals surface area (Å²) in [5.41, 5.74) is -1.10. The molecule has 13 heteroatoms. The zero-order chi connectivity index (χ0) is 32.7. The molecule has 11 unspecified atom stereocenters. The van der Waals surface area contributed by atoms with Crippen LogP contribution in [0.1, 0.15) is 71.6 Å². The Kier molecular flexibility index (Phi) is 8.77. The van der Waals surface area contributed by atoms with E-state index in [9.17, 15) is 45.6 Å². The first-order valence-electron chi connectivity index (χ1n) is 16.3. The smallest absolute Gasteiger partial charge is 0.309 e. The molecule has 2 bridgehead atoms. The van der Waals surface area contributed by atoms with Crippen LogP contribution in [0.5, 0.6) is 0 Å². The third-order valence-electron chi connectivity index (χ3n) is 12.9. The van der Waals surface area contributed by atoms with Crippen LogP contribution >= 0.6 is 0 Å². The molecule has 0 aromatic carbocycles. The molecule has 45 heavy (non-hydrogen) atoms. The van der Waals surface area contributed by atoms with Crippen molar-refractivity contribution in [2.75, 3.05) is 13.2 Å². The molecule has 6 aliphatic rings. The molecule has 0 amide bonds. The molecule has 16 atom stereocenters. The highest BCUT2D eigenvalue weighted by molar-refractivity contribution is 5.75. The van der Waals surface area contributed by atoms with Gasteiger partial charge in [-0.2, -0.15) is 0 Å². The summed E-state index contributed by atoms with van der Waals surface area (Å²) >= 11 is 0. The van der Waals surface area contributed by atoms with Gasteiger partial charge in [-0.25, -0.2) is 0 Å². The van der Waals surface area contributed by atoms with E-state index < -0.39 is 91.6 Å². The minimum absolute atomic E-state index is 0.0640. The third-order valence-corrected chi connectivity index (χ3v) is 12.9. The Labute approximate surface area is 262 Å². The lowest BCUT2D eigenvalue weighted by Gasteiger charge is -2.64. The zero-order valence-corrected chi connectivity index (χ0v) is 26.0. The van der Waals surface area contributed by atoms with Crippen LogP contribution in [0.4, 0.5) is 0 Å². The molecule has 8 N–H and O–H groups in total. The number of hydrogen-bond acceptors (Lipinski definition) is 12. The molecule has 2 heterocycles. The van der Waals surface area contributed by atoms with Crippen molar-refractivity contribution in [1.29, 1.82) is 0 Å². The van der Waals surface area contributed by atoms with Crippen LogP contribution in [-0.4, -0.2) is 127 Å². The van der Waals surface area contributed by atoms with E-state index in [0.29, 0.717) is 25.7 Å². The van der Waals surface area contributed by atoms with Gasteiger partial charge >= 0.3 is 5.97 Å². The minimum atomic E-state index is -1.76. The summed E-state index contributed by atoms with van der Waals surface area (Å²) in [6, 6.07) is 0. The van der Waals surface area contributed by atoms with Gasteiger partial charge in [-0.05, 0) is 86.5 Å². The quantitative estimate of drug-likeness (QED) is 0.134. The monoisotopic (exact) mass is 642 g/mol. The van der Waals surface area contributed by atoms with Gasteiger partial charge < -0.3 is 59.8 Å². The number of carboxylic acid groups (broad SMARTS) is 1. The van der Waals surface area contributed by atoms with Gasteiger partial charge in [0, 0.05) is 0 Å². The Hall–Kier alpha value is -1.23. The van der Waals surface area contributed by atoms with Crippen molar-refractivity contribution < 1.29 is 64.6 Å². The third kappa shape index (κ3) is 5.04. The van der Waals surface area contributed by atoms with Crippen LogP contribution in [-0.2, 0) is 23.7 Å². The lowest BCUT2D eigenvalue weighted by atomic mass is 9.41. The fraction of sp³-hybridized carbons (Fsp3) is 0.906. The largest absolute Gasteiger partial charge is 0.481 e. The maximum Gasteiger partial charge on any atom is 0.309 e. The molecule has 4 aliphatic carbocycles. The van der Waals surface area contributed by atoms with Crippen molar-refractivity contribution in [3.63, 3.8) is 0 Å². The number of rotatable bonds is 7. The van der Waals surface area contributed by atoms with E-state index in [4.69, 9.17) is 18.9 Å². The predicted octanol–water partition coefficient (Wildman–Crippen LogP) is -0.197. The molecule has 1 spiro atoms. The van der Waals surface area contributed by atoms with Gasteiger partial charge in [0.2, 0.25) is 0 Å². The summed E-state index contributed by atoms with van der Waals surface area (Å²) in [5.74, 6) is -0.392. The van der Waals surface area contributed by atoms with E-state index >= 15 is 0 Å². The molecule has 2 saturated heterocycles. The van der Waals surface area contributed by atoms with Crippen molar-refractivity contribution in [1.82, 2.24) is 0 Å². The number of carboxylic acids is 1. The highest BCUT2D eigenvalue weighted by Crippen LogP contribution is 2.73. The fourth-order valence-electron chi connectivity index (χ4n) is 10.6. The average molecular weight is 643 g/mol. The maximum absolute atomic E-state index is 12.5. The van der Waals surface area contributed by atoms with Crippen molar-refractivity contribution in [2.45, 2.75) is 139 Å².